The van der Waals surface area contributed by atoms with Crippen LogP contribution in [-0.4, -0.2) is 25.4 Å². The van der Waals surface area contributed by atoms with Crippen LogP contribution >= 0.6 is 0 Å². The third-order valence-corrected chi connectivity index (χ3v) is 5.90. The first-order chi connectivity index (χ1) is 11.5. The number of benzene rings is 1. The number of nitrogens with two attached hydrogens (primary N) is 1. The third-order valence-electron chi connectivity index (χ3n) is 5.01. The molecule has 0 radical (unpaired) electrons. The van der Waals surface area contributed by atoms with Crippen LogP contribution < -0.4 is 10.5 Å². The topological polar surface area (TPSA) is 127 Å². The minimum absolute atomic E-state index is 0.0866. The van der Waals surface area contributed by atoms with Gasteiger partial charge in [-0.3, -0.25) is 9.59 Å². The number of primary sulfonamides is 1. The van der Waals surface area contributed by atoms with Gasteiger partial charge < -0.3 is 10.4 Å². The van der Waals surface area contributed by atoms with Gasteiger partial charge in [0.25, 0.3) is 0 Å². The molecule has 0 spiro atoms. The van der Waals surface area contributed by atoms with E-state index in [4.69, 9.17) is 5.14 Å². The Balaban J connectivity index is 2.25. The molecule has 0 aliphatic heterocycles. The summed E-state index contributed by atoms with van der Waals surface area (Å²) in [5, 5.41) is 17.4. The maximum Gasteiger partial charge on any atom is 0.310 e. The summed E-state index contributed by atoms with van der Waals surface area (Å²) in [5.74, 6) is -1.38. The molecule has 0 bridgehead atoms. The van der Waals surface area contributed by atoms with Crippen LogP contribution in [0.4, 0.5) is 5.69 Å². The number of carboxylic acids is 1. The quantitative estimate of drug-likeness (QED) is 0.735. The molecule has 0 atom stereocenters. The largest absolute Gasteiger partial charge is 0.481 e. The van der Waals surface area contributed by atoms with E-state index in [-0.39, 0.29) is 11.3 Å². The molecule has 8 heteroatoms. The van der Waals surface area contributed by atoms with Gasteiger partial charge in [0.2, 0.25) is 15.9 Å². The molecule has 1 fully saturated rings. The number of sulfonamides is 1. The fourth-order valence-electron chi connectivity index (χ4n) is 3.32. The molecule has 1 aliphatic carbocycles. The summed E-state index contributed by atoms with van der Waals surface area (Å²) < 4.78 is 23.2. The molecule has 0 aromatic heterocycles. The normalized spacial score (nSPS) is 17.1. The minimum atomic E-state index is -3.90. The zero-order valence-electron chi connectivity index (χ0n) is 14.5. The van der Waals surface area contributed by atoms with Crippen LogP contribution in [0.15, 0.2) is 17.0 Å². The maximum absolute atomic E-state index is 12.5. The Bertz CT molecular complexity index is 796. The van der Waals surface area contributed by atoms with Crippen LogP contribution in [0.25, 0.3) is 0 Å². The highest BCUT2D eigenvalue weighted by molar-refractivity contribution is 7.89. The van der Waals surface area contributed by atoms with Crippen molar-refractivity contribution in [1.82, 2.24) is 0 Å². The van der Waals surface area contributed by atoms with Gasteiger partial charge in [-0.15, -0.1) is 0 Å². The highest BCUT2D eigenvalue weighted by Gasteiger charge is 2.41. The molecule has 0 saturated heterocycles. The van der Waals surface area contributed by atoms with Gasteiger partial charge in [-0.1, -0.05) is 19.3 Å². The van der Waals surface area contributed by atoms with E-state index in [2.05, 4.69) is 5.32 Å². The van der Waals surface area contributed by atoms with E-state index in [1.54, 1.807) is 13.8 Å². The molecule has 138 valence electrons. The molecule has 1 aromatic rings. The smallest absolute Gasteiger partial charge is 0.310 e. The third kappa shape index (κ3) is 4.38. The summed E-state index contributed by atoms with van der Waals surface area (Å²) in [6.45, 7) is 3.48. The van der Waals surface area contributed by atoms with Crippen molar-refractivity contribution >= 4 is 27.6 Å². The van der Waals surface area contributed by atoms with Crippen molar-refractivity contribution < 1.29 is 23.1 Å². The second-order valence-corrected chi connectivity index (χ2v) is 8.39. The van der Waals surface area contributed by atoms with Crippen LogP contribution in [0.5, 0.6) is 0 Å². The Labute approximate surface area is 147 Å². The SMILES string of the molecule is Cc1cc(S(N)(=O)=O)cc(NC(=O)CC2(C(=O)O)CCCCC2)c1C. The number of anilines is 1. The Hall–Kier alpha value is -1.93. The van der Waals surface area contributed by atoms with E-state index >= 15 is 0 Å². The highest BCUT2D eigenvalue weighted by Crippen LogP contribution is 2.40. The molecule has 0 unspecified atom stereocenters. The number of carboxylic acid groups (broad SMARTS) is 1. The zero-order chi connectivity index (χ0) is 18.8. The van der Waals surface area contributed by atoms with Crippen molar-refractivity contribution in [3.8, 4) is 0 Å². The van der Waals surface area contributed by atoms with E-state index in [1.165, 1.54) is 12.1 Å². The number of rotatable bonds is 5. The number of aliphatic carboxylic acids is 1. The number of hydrogen-bond donors (Lipinski definition) is 3. The maximum atomic E-state index is 12.5. The van der Waals surface area contributed by atoms with E-state index in [1.807, 2.05) is 0 Å². The molecule has 1 aliphatic rings. The van der Waals surface area contributed by atoms with Gasteiger partial charge in [0, 0.05) is 12.1 Å². The van der Waals surface area contributed by atoms with E-state index in [0.29, 0.717) is 29.7 Å². The summed E-state index contributed by atoms with van der Waals surface area (Å²) in [6, 6.07) is 2.75. The van der Waals surface area contributed by atoms with Crippen LogP contribution in [0.2, 0.25) is 0 Å². The fourth-order valence-corrected chi connectivity index (χ4v) is 3.94. The monoisotopic (exact) mass is 368 g/mol. The number of carbonyl (C=O) groups excluding carboxylic acids is 1. The number of nitrogens with one attached hydrogen (secondary N) is 1. The van der Waals surface area contributed by atoms with Gasteiger partial charge in [0.1, 0.15) is 0 Å². The Kier molecular flexibility index (Phi) is 5.53. The molecule has 1 saturated carbocycles. The lowest BCUT2D eigenvalue weighted by atomic mass is 9.71. The van der Waals surface area contributed by atoms with Crippen molar-refractivity contribution in [1.29, 1.82) is 0 Å². The molecule has 1 amide bonds. The fraction of sp³-hybridized carbons (Fsp3) is 0.529. The number of aryl methyl sites for hydroxylation is 1. The van der Waals surface area contributed by atoms with Crippen LogP contribution in [0.1, 0.15) is 49.7 Å². The van der Waals surface area contributed by atoms with Gasteiger partial charge in [-0.2, -0.15) is 0 Å². The highest BCUT2D eigenvalue weighted by atomic mass is 32.2. The number of hydrogen-bond acceptors (Lipinski definition) is 4. The van der Waals surface area contributed by atoms with Gasteiger partial charge in [-0.25, -0.2) is 13.6 Å². The van der Waals surface area contributed by atoms with Crippen molar-refractivity contribution in [2.24, 2.45) is 10.6 Å². The Morgan fingerprint density at radius 3 is 2.32 bits per heavy atom. The summed E-state index contributed by atoms with van der Waals surface area (Å²) in [5.41, 5.74) is 0.689. The average molecular weight is 368 g/mol. The molecule has 0 heterocycles. The summed E-state index contributed by atoms with van der Waals surface area (Å²) in [4.78, 5) is 24.1. The van der Waals surface area contributed by atoms with Crippen molar-refractivity contribution in [2.75, 3.05) is 5.32 Å². The van der Waals surface area contributed by atoms with Crippen LogP contribution in [0.3, 0.4) is 0 Å². The summed E-state index contributed by atoms with van der Waals surface area (Å²) >= 11 is 0. The predicted molar refractivity (Wildman–Crippen MR) is 93.7 cm³/mol. The van der Waals surface area contributed by atoms with Crippen LogP contribution in [-0.2, 0) is 19.6 Å². The van der Waals surface area contributed by atoms with E-state index in [0.717, 1.165) is 19.3 Å². The van der Waals surface area contributed by atoms with E-state index in [9.17, 15) is 23.1 Å². The first kappa shape index (κ1) is 19.4. The molecule has 2 rings (SSSR count). The molecule has 1 aromatic carbocycles. The summed E-state index contributed by atoms with van der Waals surface area (Å²) in [7, 11) is -3.90. The first-order valence-corrected chi connectivity index (χ1v) is 9.77. The van der Waals surface area contributed by atoms with Gasteiger partial charge in [-0.05, 0) is 49.9 Å². The number of amides is 1. The molecule has 7 nitrogen and oxygen atoms in total. The van der Waals surface area contributed by atoms with Crippen molar-refractivity contribution in [2.45, 2.75) is 57.3 Å². The first-order valence-electron chi connectivity index (χ1n) is 8.22. The van der Waals surface area contributed by atoms with Gasteiger partial charge in [0.15, 0.2) is 0 Å². The second-order valence-electron chi connectivity index (χ2n) is 6.83. The molecule has 25 heavy (non-hydrogen) atoms. The lowest BCUT2D eigenvalue weighted by molar-refractivity contribution is -0.153. The van der Waals surface area contributed by atoms with Crippen LogP contribution in [0, 0.1) is 19.3 Å². The van der Waals surface area contributed by atoms with E-state index < -0.39 is 27.3 Å². The molecular formula is C17H24N2O5S. The molecule has 4 N–H and O–H groups in total. The average Bonchev–Trinajstić information content (AvgIpc) is 2.51. The minimum Gasteiger partial charge on any atom is -0.481 e. The predicted octanol–water partition coefficient (Wildman–Crippen LogP) is 2.31. The summed E-state index contributed by atoms with van der Waals surface area (Å²) in [6.07, 6.45) is 3.39. The zero-order valence-corrected chi connectivity index (χ0v) is 15.3. The van der Waals surface area contributed by atoms with Gasteiger partial charge in [0.05, 0.1) is 10.3 Å². The standard InChI is InChI=1S/C17H24N2O5S/c1-11-8-13(25(18,23)24)9-14(12(11)2)19-15(20)10-17(16(21)22)6-4-3-5-7-17/h8-9H,3-7,10H2,1-2H3,(H,19,20)(H,21,22)(H2,18,23,24). The van der Waals surface area contributed by atoms with Crippen molar-refractivity contribution in [3.63, 3.8) is 0 Å². The lowest BCUT2D eigenvalue weighted by Gasteiger charge is -2.32. The number of carbonyl (C=O) groups is 2. The lowest BCUT2D eigenvalue weighted by Crippen LogP contribution is -2.37. The Morgan fingerprint density at radius 2 is 1.80 bits per heavy atom. The Morgan fingerprint density at radius 1 is 1.20 bits per heavy atom. The van der Waals surface area contributed by atoms with Crippen molar-refractivity contribution in [3.05, 3.63) is 23.3 Å². The second kappa shape index (κ2) is 7.13. The molecular weight excluding hydrogens is 344 g/mol. The van der Waals surface area contributed by atoms with Gasteiger partial charge >= 0.3 is 5.97 Å².